The molecule has 1 saturated heterocycles. The van der Waals surface area contributed by atoms with Crippen LogP contribution in [0.25, 0.3) is 0 Å². The van der Waals surface area contributed by atoms with Gasteiger partial charge in [-0.2, -0.15) is 0 Å². The zero-order valence-electron chi connectivity index (χ0n) is 14.6. The van der Waals surface area contributed by atoms with Gasteiger partial charge in [0.25, 0.3) is 0 Å². The Morgan fingerprint density at radius 2 is 1.96 bits per heavy atom. The van der Waals surface area contributed by atoms with Crippen LogP contribution >= 0.6 is 0 Å². The molecular formula is C19H28N2O3. The smallest absolute Gasteiger partial charge is 0.318 e. The summed E-state index contributed by atoms with van der Waals surface area (Å²) in [6.45, 7) is 5.23. The minimum atomic E-state index is -0.203. The Kier molecular flexibility index (Phi) is 5.41. The van der Waals surface area contributed by atoms with Crippen molar-refractivity contribution in [1.29, 1.82) is 0 Å². The summed E-state index contributed by atoms with van der Waals surface area (Å²) in [7, 11) is 0. The molecule has 0 spiro atoms. The van der Waals surface area contributed by atoms with Crippen LogP contribution in [0.5, 0.6) is 0 Å². The van der Waals surface area contributed by atoms with E-state index >= 15 is 0 Å². The molecule has 2 atom stereocenters. The van der Waals surface area contributed by atoms with Crippen molar-refractivity contribution < 1.29 is 14.6 Å². The molecule has 1 saturated carbocycles. The molecule has 1 aromatic rings. The highest BCUT2D eigenvalue weighted by molar-refractivity contribution is 5.75. The van der Waals surface area contributed by atoms with E-state index in [4.69, 9.17) is 4.74 Å². The number of carbonyl (C=O) groups is 1. The molecule has 0 aromatic heterocycles. The fourth-order valence-corrected chi connectivity index (χ4v) is 3.65. The summed E-state index contributed by atoms with van der Waals surface area (Å²) in [6, 6.07) is 8.43. The largest absolute Gasteiger partial charge is 0.393 e. The predicted octanol–water partition coefficient (Wildman–Crippen LogP) is 2.77. The molecule has 0 radical (unpaired) electrons. The predicted molar refractivity (Wildman–Crippen MR) is 92.8 cm³/mol. The summed E-state index contributed by atoms with van der Waals surface area (Å²) in [5.74, 6) is 0. The molecule has 5 nitrogen and oxygen atoms in total. The zero-order chi connectivity index (χ0) is 17.1. The van der Waals surface area contributed by atoms with Crippen LogP contribution in [0.3, 0.4) is 0 Å². The highest BCUT2D eigenvalue weighted by atomic mass is 16.5. The number of rotatable bonds is 2. The molecule has 2 unspecified atom stereocenters. The average molecular weight is 332 g/mol. The molecule has 1 heterocycles. The second kappa shape index (κ2) is 7.53. The number of urea groups is 1. The van der Waals surface area contributed by atoms with Gasteiger partial charge in [0.15, 0.2) is 0 Å². The van der Waals surface area contributed by atoms with Crippen LogP contribution in [-0.2, 0) is 4.74 Å². The molecule has 2 aliphatic rings. The summed E-state index contributed by atoms with van der Waals surface area (Å²) in [6.07, 6.45) is 2.98. The number of carbonyl (C=O) groups excluding carboxylic acids is 1. The van der Waals surface area contributed by atoms with Crippen molar-refractivity contribution in [1.82, 2.24) is 10.2 Å². The van der Waals surface area contributed by atoms with Gasteiger partial charge in [-0.25, -0.2) is 4.79 Å². The number of aryl methyl sites for hydroxylation is 1. The van der Waals surface area contributed by atoms with E-state index in [1.54, 1.807) is 0 Å². The standard InChI is InChI=1S/C19H28N2O3/c1-13-5-3-4-6-17(13)18-11-21(14(2)12-24-18)19(23)20-15-7-9-16(22)10-8-15/h3-6,14-16,18,22H,7-12H2,1-2H3,(H,20,23). The molecule has 5 heteroatoms. The molecule has 1 aliphatic heterocycles. The van der Waals surface area contributed by atoms with Crippen molar-refractivity contribution in [2.75, 3.05) is 13.2 Å². The fraction of sp³-hybridized carbons (Fsp3) is 0.632. The minimum absolute atomic E-state index is 0.00854. The zero-order valence-corrected chi connectivity index (χ0v) is 14.6. The highest BCUT2D eigenvalue weighted by Gasteiger charge is 2.32. The maximum Gasteiger partial charge on any atom is 0.318 e. The topological polar surface area (TPSA) is 61.8 Å². The Balaban J connectivity index is 1.63. The lowest BCUT2D eigenvalue weighted by Crippen LogP contribution is -2.54. The van der Waals surface area contributed by atoms with Crippen molar-refractivity contribution >= 4 is 6.03 Å². The Bertz CT molecular complexity index is 569. The number of aliphatic hydroxyl groups excluding tert-OH is 1. The van der Waals surface area contributed by atoms with Gasteiger partial charge in [0, 0.05) is 6.04 Å². The molecule has 2 amide bonds. The Morgan fingerprint density at radius 3 is 2.67 bits per heavy atom. The van der Waals surface area contributed by atoms with Crippen LogP contribution in [0.2, 0.25) is 0 Å². The summed E-state index contributed by atoms with van der Waals surface area (Å²) < 4.78 is 5.99. The van der Waals surface area contributed by atoms with Gasteiger partial charge in [-0.1, -0.05) is 24.3 Å². The lowest BCUT2D eigenvalue weighted by Gasteiger charge is -2.39. The van der Waals surface area contributed by atoms with E-state index in [1.165, 1.54) is 5.56 Å². The van der Waals surface area contributed by atoms with E-state index in [0.29, 0.717) is 13.2 Å². The van der Waals surface area contributed by atoms with Gasteiger partial charge in [0.1, 0.15) is 6.10 Å². The molecule has 1 aliphatic carbocycles. The summed E-state index contributed by atoms with van der Waals surface area (Å²) in [5.41, 5.74) is 2.35. The van der Waals surface area contributed by atoms with Gasteiger partial charge >= 0.3 is 6.03 Å². The number of nitrogens with one attached hydrogen (secondary N) is 1. The SMILES string of the molecule is Cc1ccccc1C1CN(C(=O)NC2CCC(O)CC2)C(C)CO1. The first-order valence-electron chi connectivity index (χ1n) is 8.97. The number of ether oxygens (including phenoxy) is 1. The van der Waals surface area contributed by atoms with E-state index in [-0.39, 0.29) is 30.3 Å². The van der Waals surface area contributed by atoms with Gasteiger partial charge < -0.3 is 20.1 Å². The second-order valence-corrected chi connectivity index (χ2v) is 7.13. The lowest BCUT2D eigenvalue weighted by molar-refractivity contribution is -0.0436. The van der Waals surface area contributed by atoms with Gasteiger partial charge in [0.2, 0.25) is 0 Å². The van der Waals surface area contributed by atoms with Crippen molar-refractivity contribution in [3.8, 4) is 0 Å². The van der Waals surface area contributed by atoms with E-state index in [9.17, 15) is 9.90 Å². The average Bonchev–Trinajstić information content (AvgIpc) is 2.58. The van der Waals surface area contributed by atoms with Crippen LogP contribution in [0.15, 0.2) is 24.3 Å². The van der Waals surface area contributed by atoms with Crippen molar-refractivity contribution in [2.24, 2.45) is 0 Å². The second-order valence-electron chi connectivity index (χ2n) is 7.13. The number of hydrogen-bond acceptors (Lipinski definition) is 3. The summed E-state index contributed by atoms with van der Waals surface area (Å²) >= 11 is 0. The third-order valence-electron chi connectivity index (χ3n) is 5.25. The highest BCUT2D eigenvalue weighted by Crippen LogP contribution is 2.27. The number of nitrogens with zero attached hydrogens (tertiary/aromatic N) is 1. The molecular weight excluding hydrogens is 304 g/mol. The Labute approximate surface area is 144 Å². The van der Waals surface area contributed by atoms with Crippen molar-refractivity contribution in [3.63, 3.8) is 0 Å². The van der Waals surface area contributed by atoms with Crippen molar-refractivity contribution in [2.45, 2.75) is 63.8 Å². The van der Waals surface area contributed by atoms with Gasteiger partial charge in [-0.15, -0.1) is 0 Å². The third-order valence-corrected chi connectivity index (χ3v) is 5.25. The minimum Gasteiger partial charge on any atom is -0.393 e. The Hall–Kier alpha value is -1.59. The van der Waals surface area contributed by atoms with E-state index in [1.807, 2.05) is 24.0 Å². The lowest BCUT2D eigenvalue weighted by atomic mass is 9.93. The maximum absolute atomic E-state index is 12.7. The van der Waals surface area contributed by atoms with E-state index in [2.05, 4.69) is 24.4 Å². The number of amides is 2. The van der Waals surface area contributed by atoms with Crippen LogP contribution in [0.4, 0.5) is 4.79 Å². The van der Waals surface area contributed by atoms with Crippen LogP contribution in [-0.4, -0.2) is 47.4 Å². The fourth-order valence-electron chi connectivity index (χ4n) is 3.65. The van der Waals surface area contributed by atoms with Crippen LogP contribution < -0.4 is 5.32 Å². The monoisotopic (exact) mass is 332 g/mol. The molecule has 3 rings (SSSR count). The van der Waals surface area contributed by atoms with E-state index in [0.717, 1.165) is 31.2 Å². The van der Waals surface area contributed by atoms with Crippen molar-refractivity contribution in [3.05, 3.63) is 35.4 Å². The number of morpholine rings is 1. The quantitative estimate of drug-likeness (QED) is 0.875. The molecule has 24 heavy (non-hydrogen) atoms. The van der Waals surface area contributed by atoms with Crippen LogP contribution in [0.1, 0.15) is 49.8 Å². The first kappa shape index (κ1) is 17.2. The Morgan fingerprint density at radius 1 is 1.25 bits per heavy atom. The normalized spacial score (nSPS) is 30.9. The first-order valence-corrected chi connectivity index (χ1v) is 8.97. The van der Waals surface area contributed by atoms with Gasteiger partial charge in [-0.3, -0.25) is 0 Å². The molecule has 2 N–H and O–H groups in total. The molecule has 2 fully saturated rings. The number of benzene rings is 1. The third kappa shape index (κ3) is 3.90. The summed E-state index contributed by atoms with van der Waals surface area (Å²) in [4.78, 5) is 14.6. The van der Waals surface area contributed by atoms with Crippen LogP contribution in [0, 0.1) is 6.92 Å². The maximum atomic E-state index is 12.7. The molecule has 132 valence electrons. The molecule has 0 bridgehead atoms. The van der Waals surface area contributed by atoms with Gasteiger partial charge in [-0.05, 0) is 50.7 Å². The molecule has 1 aromatic carbocycles. The first-order chi connectivity index (χ1) is 11.5. The van der Waals surface area contributed by atoms with Gasteiger partial charge in [0.05, 0.1) is 25.3 Å². The summed E-state index contributed by atoms with van der Waals surface area (Å²) in [5, 5.41) is 12.7. The van der Waals surface area contributed by atoms with E-state index < -0.39 is 0 Å². The number of aliphatic hydroxyl groups is 1. The number of hydrogen-bond donors (Lipinski definition) is 2.